The normalized spacial score (nSPS) is 15.5. The third kappa shape index (κ3) is 3.28. The van der Waals surface area contributed by atoms with E-state index in [-0.39, 0.29) is 22.4 Å². The third-order valence-corrected chi connectivity index (χ3v) is 5.82. The van der Waals surface area contributed by atoms with Crippen LogP contribution in [0.4, 0.5) is 0 Å². The fraction of sp³-hybridized carbons (Fsp3) is 0.304. The zero-order valence-corrected chi connectivity index (χ0v) is 16.0. The van der Waals surface area contributed by atoms with Crippen LogP contribution in [-0.4, -0.2) is 24.5 Å². The van der Waals surface area contributed by atoms with E-state index in [0.29, 0.717) is 6.54 Å². The summed E-state index contributed by atoms with van der Waals surface area (Å²) in [6.07, 6.45) is 4.21. The largest absolute Gasteiger partial charge is 0.496 e. The number of carbonyl (C=O) groups is 1. The van der Waals surface area contributed by atoms with E-state index in [1.807, 2.05) is 42.5 Å². The molecule has 28 heavy (non-hydrogen) atoms. The molecule has 0 spiro atoms. The number of hydrogen-bond donors (Lipinski definition) is 2. The molecule has 1 fully saturated rings. The van der Waals surface area contributed by atoms with Crippen LogP contribution in [-0.2, 0) is 5.41 Å². The quantitative estimate of drug-likeness (QED) is 0.712. The summed E-state index contributed by atoms with van der Waals surface area (Å²) in [5.74, 6) is 0.510. The molecule has 144 valence electrons. The van der Waals surface area contributed by atoms with Gasteiger partial charge < -0.3 is 15.0 Å². The first-order chi connectivity index (χ1) is 13.6. The molecule has 2 aromatic carbocycles. The van der Waals surface area contributed by atoms with Crippen LogP contribution in [0.25, 0.3) is 10.9 Å². The van der Waals surface area contributed by atoms with Crippen LogP contribution in [0, 0.1) is 0 Å². The molecule has 5 nitrogen and oxygen atoms in total. The van der Waals surface area contributed by atoms with Crippen LogP contribution in [0.5, 0.6) is 5.75 Å². The van der Waals surface area contributed by atoms with E-state index >= 15 is 0 Å². The van der Waals surface area contributed by atoms with E-state index in [1.165, 1.54) is 0 Å². The lowest BCUT2D eigenvalue weighted by Crippen LogP contribution is -2.40. The maximum absolute atomic E-state index is 12.8. The minimum absolute atomic E-state index is 0.145. The predicted octanol–water partition coefficient (Wildman–Crippen LogP) is 3.78. The van der Waals surface area contributed by atoms with Crippen molar-refractivity contribution in [2.75, 3.05) is 13.7 Å². The van der Waals surface area contributed by atoms with E-state index in [1.54, 1.807) is 13.2 Å². The van der Waals surface area contributed by atoms with E-state index in [9.17, 15) is 9.59 Å². The fourth-order valence-electron chi connectivity index (χ4n) is 4.34. The first kappa shape index (κ1) is 18.3. The number of nitrogens with one attached hydrogen (secondary N) is 2. The number of fused-ring (bicyclic) bond motifs is 1. The van der Waals surface area contributed by atoms with Crippen LogP contribution in [0.3, 0.4) is 0 Å². The Morgan fingerprint density at radius 1 is 1.11 bits per heavy atom. The Morgan fingerprint density at radius 3 is 2.61 bits per heavy atom. The minimum Gasteiger partial charge on any atom is -0.496 e. The maximum atomic E-state index is 12.8. The zero-order valence-electron chi connectivity index (χ0n) is 16.0. The molecule has 0 radical (unpaired) electrons. The molecule has 0 saturated heterocycles. The minimum atomic E-state index is -0.367. The molecule has 0 bridgehead atoms. The number of benzene rings is 2. The lowest BCUT2D eigenvalue weighted by molar-refractivity contribution is 0.0941. The van der Waals surface area contributed by atoms with Crippen LogP contribution < -0.4 is 15.6 Å². The van der Waals surface area contributed by atoms with E-state index in [4.69, 9.17) is 4.74 Å². The summed E-state index contributed by atoms with van der Waals surface area (Å²) in [6, 6.07) is 17.1. The Hall–Kier alpha value is -3.08. The molecule has 1 aromatic heterocycles. The number of aromatic amines is 1. The molecule has 1 amide bonds. The average molecular weight is 376 g/mol. The van der Waals surface area contributed by atoms with Gasteiger partial charge in [0.15, 0.2) is 0 Å². The summed E-state index contributed by atoms with van der Waals surface area (Å²) in [5.41, 5.74) is 1.47. The average Bonchev–Trinajstić information content (AvgIpc) is 3.21. The number of pyridine rings is 1. The number of aromatic nitrogens is 1. The van der Waals surface area contributed by atoms with Gasteiger partial charge in [-0.05, 0) is 36.4 Å². The SMILES string of the molecule is COc1ccccc1C1(CNC(=O)c2cc3ccccc3[nH]c2=O)CCCC1. The van der Waals surface area contributed by atoms with Gasteiger partial charge in [-0.1, -0.05) is 49.2 Å². The summed E-state index contributed by atoms with van der Waals surface area (Å²) in [7, 11) is 1.68. The van der Waals surface area contributed by atoms with Crippen molar-refractivity contribution in [3.8, 4) is 5.75 Å². The molecule has 0 unspecified atom stereocenters. The summed E-state index contributed by atoms with van der Waals surface area (Å²) in [4.78, 5) is 28.0. The second kappa shape index (κ2) is 7.50. The summed E-state index contributed by atoms with van der Waals surface area (Å²) in [5, 5.41) is 3.86. The van der Waals surface area contributed by atoms with Gasteiger partial charge in [0.1, 0.15) is 11.3 Å². The fourth-order valence-corrected chi connectivity index (χ4v) is 4.34. The Balaban J connectivity index is 1.61. The van der Waals surface area contributed by atoms with Crippen molar-refractivity contribution in [3.05, 3.63) is 76.1 Å². The van der Waals surface area contributed by atoms with Crippen molar-refractivity contribution in [1.29, 1.82) is 0 Å². The maximum Gasteiger partial charge on any atom is 0.261 e. The first-order valence-electron chi connectivity index (χ1n) is 9.67. The second-order valence-electron chi connectivity index (χ2n) is 7.47. The standard InChI is InChI=1S/C23H24N2O3/c1-28-20-11-5-3-9-18(20)23(12-6-7-13-23)15-24-21(26)17-14-16-8-2-4-10-19(16)25-22(17)27/h2-5,8-11,14H,6-7,12-13,15H2,1H3,(H,24,26)(H,25,27). The number of methoxy groups -OCH3 is 1. The Morgan fingerprint density at radius 2 is 1.82 bits per heavy atom. The van der Waals surface area contributed by atoms with Gasteiger partial charge in [0.05, 0.1) is 7.11 Å². The summed E-state index contributed by atoms with van der Waals surface area (Å²) < 4.78 is 5.57. The predicted molar refractivity (Wildman–Crippen MR) is 110 cm³/mol. The van der Waals surface area contributed by atoms with Crippen LogP contribution >= 0.6 is 0 Å². The number of H-pyrrole nitrogens is 1. The van der Waals surface area contributed by atoms with Gasteiger partial charge >= 0.3 is 0 Å². The third-order valence-electron chi connectivity index (χ3n) is 5.82. The van der Waals surface area contributed by atoms with E-state index in [0.717, 1.165) is 47.9 Å². The highest BCUT2D eigenvalue weighted by Crippen LogP contribution is 2.44. The van der Waals surface area contributed by atoms with Gasteiger partial charge in [-0.2, -0.15) is 0 Å². The lowest BCUT2D eigenvalue weighted by Gasteiger charge is -2.31. The number of amides is 1. The van der Waals surface area contributed by atoms with Gasteiger partial charge in [0.25, 0.3) is 11.5 Å². The molecule has 1 aliphatic carbocycles. The van der Waals surface area contributed by atoms with Crippen molar-refractivity contribution in [2.24, 2.45) is 0 Å². The van der Waals surface area contributed by atoms with Crippen molar-refractivity contribution < 1.29 is 9.53 Å². The molecule has 0 aliphatic heterocycles. The Labute approximate surface area is 163 Å². The summed E-state index contributed by atoms with van der Waals surface area (Å²) in [6.45, 7) is 0.485. The van der Waals surface area contributed by atoms with Gasteiger partial charge in [0.2, 0.25) is 0 Å². The molecule has 1 saturated carbocycles. The molecule has 1 aliphatic rings. The van der Waals surface area contributed by atoms with Gasteiger partial charge in [0, 0.05) is 23.0 Å². The second-order valence-corrected chi connectivity index (χ2v) is 7.47. The number of para-hydroxylation sites is 2. The first-order valence-corrected chi connectivity index (χ1v) is 9.67. The van der Waals surface area contributed by atoms with E-state index in [2.05, 4.69) is 16.4 Å². The summed E-state index contributed by atoms with van der Waals surface area (Å²) >= 11 is 0. The molecule has 3 aromatic rings. The smallest absolute Gasteiger partial charge is 0.261 e. The molecule has 0 atom stereocenters. The Bertz CT molecular complexity index is 1060. The van der Waals surface area contributed by atoms with Crippen molar-refractivity contribution in [3.63, 3.8) is 0 Å². The highest BCUT2D eigenvalue weighted by atomic mass is 16.5. The molecular formula is C23H24N2O3. The van der Waals surface area contributed by atoms with Crippen molar-refractivity contribution in [1.82, 2.24) is 10.3 Å². The number of rotatable bonds is 5. The zero-order chi connectivity index (χ0) is 19.6. The van der Waals surface area contributed by atoms with Crippen molar-refractivity contribution in [2.45, 2.75) is 31.1 Å². The Kier molecular flexibility index (Phi) is 4.90. The molecule has 4 rings (SSSR count). The number of ether oxygens (including phenoxy) is 1. The monoisotopic (exact) mass is 376 g/mol. The molecule has 5 heteroatoms. The highest BCUT2D eigenvalue weighted by Gasteiger charge is 2.38. The van der Waals surface area contributed by atoms with Gasteiger partial charge in [-0.25, -0.2) is 0 Å². The number of hydrogen-bond acceptors (Lipinski definition) is 3. The lowest BCUT2D eigenvalue weighted by atomic mass is 9.78. The van der Waals surface area contributed by atoms with Gasteiger partial charge in [-0.3, -0.25) is 9.59 Å². The number of carbonyl (C=O) groups excluding carboxylic acids is 1. The molecular weight excluding hydrogens is 352 g/mol. The van der Waals surface area contributed by atoms with Crippen LogP contribution in [0.1, 0.15) is 41.6 Å². The topological polar surface area (TPSA) is 71.2 Å². The highest BCUT2D eigenvalue weighted by molar-refractivity contribution is 5.97. The molecule has 2 N–H and O–H groups in total. The van der Waals surface area contributed by atoms with Crippen LogP contribution in [0.2, 0.25) is 0 Å². The molecule has 1 heterocycles. The van der Waals surface area contributed by atoms with E-state index < -0.39 is 0 Å². The van der Waals surface area contributed by atoms with Crippen molar-refractivity contribution >= 4 is 16.8 Å². The van der Waals surface area contributed by atoms with Crippen LogP contribution in [0.15, 0.2) is 59.4 Å². The van der Waals surface area contributed by atoms with Gasteiger partial charge in [-0.15, -0.1) is 0 Å².